The number of aliphatic hydroxyl groups excluding tert-OH is 1. The molecule has 4 atom stereocenters. The Hall–Kier alpha value is -2.13. The summed E-state index contributed by atoms with van der Waals surface area (Å²) in [5, 5.41) is 19.8. The number of aliphatic hydroxyl groups is 1. The van der Waals surface area contributed by atoms with Gasteiger partial charge in [-0.3, -0.25) is 23.9 Å². The molecule has 1 saturated heterocycles. The van der Waals surface area contributed by atoms with Crippen molar-refractivity contribution in [1.82, 2.24) is 9.55 Å². The highest BCUT2D eigenvalue weighted by Gasteiger charge is 2.59. The summed E-state index contributed by atoms with van der Waals surface area (Å²) < 4.78 is 25.7. The maximum absolute atomic E-state index is 15.0. The number of rotatable bonds is 5. The standard InChI is InChI=1S/C15H19FN4O5S/c1-8(2)11(18)12(23)24-7-14(16)5-9(21)15(6-17,25-14)20-4-3-10(22)19-13(20)26/h3-4,8-9,11,21H,5,7,18H2,1-2H3,(H,19,22,26)/t9-,11+,14+,15-/m1/s1. The molecule has 0 spiro atoms. The van der Waals surface area contributed by atoms with Crippen molar-refractivity contribution in [2.45, 2.75) is 44.0 Å². The predicted octanol–water partition coefficient (Wildman–Crippen LogP) is 0.0558. The van der Waals surface area contributed by atoms with Gasteiger partial charge in [-0.15, -0.1) is 0 Å². The van der Waals surface area contributed by atoms with E-state index in [1.165, 1.54) is 0 Å². The molecule has 1 fully saturated rings. The van der Waals surface area contributed by atoms with E-state index in [-0.39, 0.29) is 10.7 Å². The van der Waals surface area contributed by atoms with Gasteiger partial charge < -0.3 is 15.6 Å². The lowest BCUT2D eigenvalue weighted by Gasteiger charge is -2.28. The number of hydrogen-bond acceptors (Lipinski definition) is 8. The highest BCUT2D eigenvalue weighted by atomic mass is 32.1. The van der Waals surface area contributed by atoms with Crippen LogP contribution in [-0.4, -0.2) is 45.2 Å². The van der Waals surface area contributed by atoms with E-state index >= 15 is 0 Å². The molecule has 0 aliphatic carbocycles. The van der Waals surface area contributed by atoms with Crippen LogP contribution in [0.4, 0.5) is 4.39 Å². The first-order chi connectivity index (χ1) is 12.0. The number of esters is 1. The van der Waals surface area contributed by atoms with Crippen LogP contribution in [0.2, 0.25) is 0 Å². The zero-order valence-corrected chi connectivity index (χ0v) is 15.0. The van der Waals surface area contributed by atoms with E-state index in [0.717, 1.165) is 16.8 Å². The molecular formula is C15H19FN4O5S. The molecule has 1 aliphatic heterocycles. The Morgan fingerprint density at radius 3 is 2.92 bits per heavy atom. The molecule has 0 amide bonds. The number of carbonyl (C=O) groups is 1. The topological polar surface area (TPSA) is 143 Å². The summed E-state index contributed by atoms with van der Waals surface area (Å²) in [4.78, 5) is 25.3. The average molecular weight is 386 g/mol. The number of ether oxygens (including phenoxy) is 2. The third-order valence-electron chi connectivity index (χ3n) is 4.05. The highest BCUT2D eigenvalue weighted by molar-refractivity contribution is 7.71. The van der Waals surface area contributed by atoms with Crippen LogP contribution >= 0.6 is 12.2 Å². The van der Waals surface area contributed by atoms with Gasteiger partial charge in [-0.05, 0) is 18.1 Å². The van der Waals surface area contributed by atoms with Crippen molar-refractivity contribution in [2.24, 2.45) is 11.7 Å². The van der Waals surface area contributed by atoms with E-state index in [1.807, 2.05) is 0 Å². The zero-order chi connectivity index (χ0) is 19.7. The first-order valence-electron chi connectivity index (χ1n) is 7.78. The fourth-order valence-corrected chi connectivity index (χ4v) is 2.79. The van der Waals surface area contributed by atoms with Crippen LogP contribution < -0.4 is 11.3 Å². The van der Waals surface area contributed by atoms with E-state index in [9.17, 15) is 24.3 Å². The molecule has 0 bridgehead atoms. The summed E-state index contributed by atoms with van der Waals surface area (Å²) in [7, 11) is 0. The van der Waals surface area contributed by atoms with Gasteiger partial charge in [0.05, 0.1) is 0 Å². The molecule has 1 aliphatic rings. The first-order valence-corrected chi connectivity index (χ1v) is 8.18. The third-order valence-corrected chi connectivity index (χ3v) is 4.35. The van der Waals surface area contributed by atoms with Crippen molar-refractivity contribution >= 4 is 18.2 Å². The summed E-state index contributed by atoms with van der Waals surface area (Å²) >= 11 is 4.95. The van der Waals surface area contributed by atoms with Crippen LogP contribution in [0.3, 0.4) is 0 Å². The Morgan fingerprint density at radius 2 is 2.38 bits per heavy atom. The number of alkyl halides is 1. The van der Waals surface area contributed by atoms with Crippen molar-refractivity contribution in [3.05, 3.63) is 27.4 Å². The second-order valence-corrected chi connectivity index (χ2v) is 6.76. The van der Waals surface area contributed by atoms with Gasteiger partial charge in [0.1, 0.15) is 18.2 Å². The van der Waals surface area contributed by atoms with Gasteiger partial charge in [0.25, 0.3) is 11.3 Å². The normalized spacial score (nSPS) is 29.3. The van der Waals surface area contributed by atoms with E-state index < -0.39 is 48.3 Å². The van der Waals surface area contributed by atoms with Crippen molar-refractivity contribution < 1.29 is 23.8 Å². The van der Waals surface area contributed by atoms with Crippen molar-refractivity contribution in [1.29, 1.82) is 5.26 Å². The molecule has 0 saturated carbocycles. The number of halogens is 1. The molecule has 9 nitrogen and oxygen atoms in total. The second kappa shape index (κ2) is 7.24. The quantitative estimate of drug-likeness (QED) is 0.476. The third kappa shape index (κ3) is 3.68. The second-order valence-electron chi connectivity index (χ2n) is 6.37. The van der Waals surface area contributed by atoms with Gasteiger partial charge in [-0.1, -0.05) is 13.8 Å². The lowest BCUT2D eigenvalue weighted by Crippen LogP contribution is -2.44. The minimum Gasteiger partial charge on any atom is -0.458 e. The SMILES string of the molecule is CC(C)[C@H](N)C(=O)OC[C@]1(F)C[C@@H](O)[C@](C#N)(n2ccc(=O)[nH]c2=S)O1. The summed E-state index contributed by atoms with van der Waals surface area (Å²) in [6.07, 6.45) is -1.17. The first kappa shape index (κ1) is 20.2. The lowest BCUT2D eigenvalue weighted by molar-refractivity contribution is -0.219. The molecule has 142 valence electrons. The van der Waals surface area contributed by atoms with Gasteiger partial charge in [0.2, 0.25) is 5.85 Å². The number of nitrogens with zero attached hydrogens (tertiary/aromatic N) is 2. The fourth-order valence-electron chi connectivity index (χ4n) is 2.49. The minimum absolute atomic E-state index is 0.217. The van der Waals surface area contributed by atoms with Gasteiger partial charge in [0.15, 0.2) is 11.4 Å². The average Bonchev–Trinajstić information content (AvgIpc) is 2.83. The van der Waals surface area contributed by atoms with Crippen LogP contribution in [0.5, 0.6) is 0 Å². The minimum atomic E-state index is -2.63. The summed E-state index contributed by atoms with van der Waals surface area (Å²) in [5.41, 5.74) is 2.88. The molecule has 26 heavy (non-hydrogen) atoms. The number of hydrogen-bond donors (Lipinski definition) is 3. The van der Waals surface area contributed by atoms with Gasteiger partial charge in [-0.25, -0.2) is 4.39 Å². The monoisotopic (exact) mass is 386 g/mol. The van der Waals surface area contributed by atoms with E-state index in [2.05, 4.69) is 4.98 Å². The number of carbonyl (C=O) groups excluding carboxylic acids is 1. The molecule has 0 unspecified atom stereocenters. The van der Waals surface area contributed by atoms with Crippen LogP contribution in [-0.2, 0) is 20.0 Å². The summed E-state index contributed by atoms with van der Waals surface area (Å²) in [6.45, 7) is 2.54. The van der Waals surface area contributed by atoms with Gasteiger partial charge in [-0.2, -0.15) is 5.26 Å². The van der Waals surface area contributed by atoms with E-state index in [1.54, 1.807) is 19.9 Å². The molecule has 4 N–H and O–H groups in total. The van der Waals surface area contributed by atoms with E-state index in [4.69, 9.17) is 27.4 Å². The Bertz CT molecular complexity index is 849. The molecule has 2 heterocycles. The Labute approximate surface area is 153 Å². The molecule has 11 heteroatoms. The number of nitriles is 1. The van der Waals surface area contributed by atoms with Crippen molar-refractivity contribution in [3.63, 3.8) is 0 Å². The van der Waals surface area contributed by atoms with Crippen LogP contribution in [0, 0.1) is 22.0 Å². The predicted molar refractivity (Wildman–Crippen MR) is 88.8 cm³/mol. The Morgan fingerprint density at radius 1 is 1.73 bits per heavy atom. The molecule has 1 aromatic rings. The number of nitrogens with one attached hydrogen (secondary N) is 1. The number of H-pyrrole nitrogens is 1. The van der Waals surface area contributed by atoms with Gasteiger partial charge in [0, 0.05) is 18.7 Å². The van der Waals surface area contributed by atoms with E-state index in [0.29, 0.717) is 0 Å². The Kier molecular flexibility index (Phi) is 5.62. The molecule has 0 aromatic carbocycles. The lowest BCUT2D eigenvalue weighted by atomic mass is 10.1. The van der Waals surface area contributed by atoms with Crippen LogP contribution in [0.15, 0.2) is 17.1 Å². The highest BCUT2D eigenvalue weighted by Crippen LogP contribution is 2.42. The maximum atomic E-state index is 15.0. The summed E-state index contributed by atoms with van der Waals surface area (Å²) in [6, 6.07) is 1.79. The molecular weight excluding hydrogens is 367 g/mol. The van der Waals surface area contributed by atoms with Crippen molar-refractivity contribution in [2.75, 3.05) is 6.61 Å². The number of aromatic amines is 1. The van der Waals surface area contributed by atoms with Crippen LogP contribution in [0.1, 0.15) is 20.3 Å². The Balaban J connectivity index is 2.26. The molecule has 2 rings (SSSR count). The molecule has 0 radical (unpaired) electrons. The maximum Gasteiger partial charge on any atom is 0.323 e. The zero-order valence-electron chi connectivity index (χ0n) is 14.1. The van der Waals surface area contributed by atoms with Gasteiger partial charge >= 0.3 is 5.97 Å². The smallest absolute Gasteiger partial charge is 0.323 e. The van der Waals surface area contributed by atoms with Crippen LogP contribution in [0.25, 0.3) is 0 Å². The summed E-state index contributed by atoms with van der Waals surface area (Å²) in [5.74, 6) is -3.68. The largest absolute Gasteiger partial charge is 0.458 e. The fraction of sp³-hybridized carbons (Fsp3) is 0.600. The molecule has 1 aromatic heterocycles. The van der Waals surface area contributed by atoms with Crippen molar-refractivity contribution in [3.8, 4) is 6.07 Å². The number of nitrogens with two attached hydrogens (primary N) is 1. The number of aromatic nitrogens is 2.